The van der Waals surface area contributed by atoms with Crippen LogP contribution in [0.1, 0.15) is 31.2 Å². The van der Waals surface area contributed by atoms with Gasteiger partial charge in [0.25, 0.3) is 0 Å². The standard InChI is InChI=1S/C57H48N2O4.2CH3.Hf/c1-37-33-47(57(61)53(34-37)59-50-28-12-6-21-42(50)43-22-7-13-29-51(43)59)45-24-9-15-32-55(45)63-36-39-18-3-2-17-38(39)35-62-54-31-14-8-23-44(54)46-25-16-30-52(56(46)60)58-48-26-10-4-19-40(48)41-20-5-11-27-49(41)58;;;/h4-16,19-34,38-39,60-61H,2-3,17-18,35-36H2,1H3;2*1H3;/q;2*-1;/t38-,39-;;;/m0.../s1. The van der Waals surface area contributed by atoms with E-state index in [0.717, 1.165) is 120 Å². The predicted molar refractivity (Wildman–Crippen MR) is 270 cm³/mol. The van der Waals surface area contributed by atoms with Gasteiger partial charge in [-0.3, -0.25) is 0 Å². The second-order valence-corrected chi connectivity index (χ2v) is 17.0. The van der Waals surface area contributed by atoms with E-state index in [1.807, 2.05) is 78.9 Å². The maximum atomic E-state index is 12.2. The zero-order valence-corrected chi connectivity index (χ0v) is 41.3. The van der Waals surface area contributed by atoms with Crippen LogP contribution in [-0.2, 0) is 25.8 Å². The van der Waals surface area contributed by atoms with Crippen LogP contribution in [0.3, 0.4) is 0 Å². The Balaban J connectivity index is 0.00000197. The quantitative estimate of drug-likeness (QED) is 0.106. The summed E-state index contributed by atoms with van der Waals surface area (Å²) in [4.78, 5) is 0. The van der Waals surface area contributed by atoms with Crippen molar-refractivity contribution < 1.29 is 45.5 Å². The van der Waals surface area contributed by atoms with Crippen LogP contribution in [0, 0.1) is 33.6 Å². The van der Waals surface area contributed by atoms with Crippen LogP contribution >= 0.6 is 0 Å². The van der Waals surface area contributed by atoms with Gasteiger partial charge in [-0.15, -0.1) is 0 Å². The molecule has 330 valence electrons. The first-order valence-electron chi connectivity index (χ1n) is 22.1. The number of phenolic OH excluding ortho intramolecular Hbond substituents is 2. The third-order valence-corrected chi connectivity index (χ3v) is 13.2. The number of phenols is 2. The molecule has 6 nitrogen and oxygen atoms in total. The molecule has 0 bridgehead atoms. The summed E-state index contributed by atoms with van der Waals surface area (Å²) in [7, 11) is 0. The molecule has 0 radical (unpaired) electrons. The molecule has 11 rings (SSSR count). The average Bonchev–Trinajstić information content (AvgIpc) is 3.84. The zero-order chi connectivity index (χ0) is 42.4. The maximum Gasteiger partial charge on any atom is 0.147 e. The van der Waals surface area contributed by atoms with Gasteiger partial charge in [0, 0.05) is 69.6 Å². The van der Waals surface area contributed by atoms with Gasteiger partial charge in [-0.1, -0.05) is 134 Å². The summed E-state index contributed by atoms with van der Waals surface area (Å²) >= 11 is 0. The molecular weight excluding hydrogens is 979 g/mol. The third kappa shape index (κ3) is 8.08. The number of aromatic hydroxyl groups is 2. The molecule has 1 aliphatic rings. The fourth-order valence-corrected chi connectivity index (χ4v) is 10.2. The number of rotatable bonds is 10. The Bertz CT molecular complexity index is 3220. The minimum Gasteiger partial charge on any atom is -0.505 e. The van der Waals surface area contributed by atoms with Crippen molar-refractivity contribution in [2.75, 3.05) is 13.2 Å². The van der Waals surface area contributed by atoms with Gasteiger partial charge in [0.15, 0.2) is 0 Å². The molecule has 10 aromatic rings. The van der Waals surface area contributed by atoms with E-state index in [-0.39, 0.29) is 64.0 Å². The Morgan fingerprint density at radius 1 is 0.439 bits per heavy atom. The first-order valence-corrected chi connectivity index (χ1v) is 22.1. The van der Waals surface area contributed by atoms with Gasteiger partial charge < -0.3 is 43.7 Å². The van der Waals surface area contributed by atoms with Gasteiger partial charge in [-0.25, -0.2) is 0 Å². The average molecular weight is 1030 g/mol. The Morgan fingerprint density at radius 2 is 0.818 bits per heavy atom. The van der Waals surface area contributed by atoms with Crippen molar-refractivity contribution in [2.24, 2.45) is 11.8 Å². The Morgan fingerprint density at radius 3 is 1.30 bits per heavy atom. The van der Waals surface area contributed by atoms with Crippen molar-refractivity contribution in [2.45, 2.75) is 32.6 Å². The molecule has 1 saturated carbocycles. The molecule has 2 N–H and O–H groups in total. The van der Waals surface area contributed by atoms with E-state index >= 15 is 0 Å². The minimum atomic E-state index is 0. The second-order valence-electron chi connectivity index (χ2n) is 17.0. The fraction of sp³-hybridized carbons (Fsp3) is 0.153. The summed E-state index contributed by atoms with van der Waals surface area (Å²) in [5, 5.41) is 28.8. The van der Waals surface area contributed by atoms with E-state index in [1.54, 1.807) is 0 Å². The summed E-state index contributed by atoms with van der Waals surface area (Å²) in [5.41, 5.74) is 9.90. The largest absolute Gasteiger partial charge is 0.505 e. The van der Waals surface area contributed by atoms with Crippen LogP contribution in [0.15, 0.2) is 176 Å². The van der Waals surface area contributed by atoms with Gasteiger partial charge in [0.2, 0.25) is 0 Å². The number of hydrogen-bond donors (Lipinski definition) is 2. The normalized spacial score (nSPS) is 14.7. The van der Waals surface area contributed by atoms with Crippen LogP contribution in [0.2, 0.25) is 0 Å². The number of ether oxygens (including phenoxy) is 2. The minimum absolute atomic E-state index is 0. The predicted octanol–water partition coefficient (Wildman–Crippen LogP) is 15.1. The Kier molecular flexibility index (Phi) is 13.6. The van der Waals surface area contributed by atoms with Gasteiger partial charge in [-0.05, 0) is 91.8 Å². The van der Waals surface area contributed by atoms with Gasteiger partial charge >= 0.3 is 0 Å². The number of nitrogens with zero attached hydrogens (tertiary/aromatic N) is 2. The second kappa shape index (κ2) is 19.5. The zero-order valence-electron chi connectivity index (χ0n) is 37.7. The molecule has 8 aromatic carbocycles. The number of aromatic nitrogens is 2. The topological polar surface area (TPSA) is 68.8 Å². The first-order chi connectivity index (χ1) is 31.0. The van der Waals surface area contributed by atoms with Gasteiger partial charge in [0.1, 0.15) is 23.0 Å². The molecule has 0 aliphatic heterocycles. The molecule has 66 heavy (non-hydrogen) atoms. The van der Waals surface area contributed by atoms with Crippen LogP contribution < -0.4 is 9.47 Å². The number of aryl methyl sites for hydroxylation is 1. The molecule has 2 heterocycles. The molecule has 2 atom stereocenters. The van der Waals surface area contributed by atoms with Crippen molar-refractivity contribution in [3.8, 4) is 56.6 Å². The Hall–Kier alpha value is -6.57. The van der Waals surface area contributed by atoms with E-state index in [1.165, 1.54) is 0 Å². The van der Waals surface area contributed by atoms with E-state index in [0.29, 0.717) is 13.2 Å². The van der Waals surface area contributed by atoms with Crippen molar-refractivity contribution in [3.05, 3.63) is 196 Å². The molecule has 0 saturated heterocycles. The summed E-state index contributed by atoms with van der Waals surface area (Å²) in [5.74, 6) is 2.50. The summed E-state index contributed by atoms with van der Waals surface area (Å²) in [6.07, 6.45) is 4.39. The van der Waals surface area contributed by atoms with E-state index in [2.05, 4.69) is 113 Å². The number of hydrogen-bond acceptors (Lipinski definition) is 4. The van der Waals surface area contributed by atoms with Crippen molar-refractivity contribution >= 4 is 43.6 Å². The van der Waals surface area contributed by atoms with Gasteiger partial charge in [0.05, 0.1) is 46.7 Å². The molecule has 7 heteroatoms. The molecule has 0 unspecified atom stereocenters. The van der Waals surface area contributed by atoms with Crippen LogP contribution in [0.25, 0.3) is 77.2 Å². The summed E-state index contributed by atoms with van der Waals surface area (Å²) < 4.78 is 17.9. The van der Waals surface area contributed by atoms with Crippen molar-refractivity contribution in [3.63, 3.8) is 0 Å². The fourth-order valence-electron chi connectivity index (χ4n) is 10.2. The van der Waals surface area contributed by atoms with E-state index < -0.39 is 0 Å². The van der Waals surface area contributed by atoms with Crippen molar-refractivity contribution in [1.82, 2.24) is 9.13 Å². The summed E-state index contributed by atoms with van der Waals surface area (Å²) in [6, 6.07) is 59.7. The monoisotopic (exact) mass is 1030 g/mol. The molecule has 0 amide bonds. The molecular formula is C59H54HfN2O4-2. The summed E-state index contributed by atoms with van der Waals surface area (Å²) in [6.45, 7) is 3.17. The third-order valence-electron chi connectivity index (χ3n) is 13.2. The van der Waals surface area contributed by atoms with Crippen LogP contribution in [0.5, 0.6) is 23.0 Å². The van der Waals surface area contributed by atoms with Crippen LogP contribution in [-0.4, -0.2) is 32.6 Å². The maximum absolute atomic E-state index is 12.2. The molecule has 1 fully saturated rings. The van der Waals surface area contributed by atoms with Crippen LogP contribution in [0.4, 0.5) is 0 Å². The smallest absolute Gasteiger partial charge is 0.147 e. The number of benzene rings is 8. The molecule has 0 spiro atoms. The molecule has 1 aliphatic carbocycles. The molecule has 2 aromatic heterocycles. The van der Waals surface area contributed by atoms with E-state index in [4.69, 9.17) is 9.47 Å². The number of fused-ring (bicyclic) bond motifs is 6. The Labute approximate surface area is 406 Å². The SMILES string of the molecule is Cc1cc(-c2ccccc2OC[C@@H]2CCCC[C@H]2COc2ccccc2-c2cccc(-n3c4ccccc4c4ccccc43)c2O)c(O)c(-n2c3ccccc3c3ccccc32)c1.[CH3-].[CH3-].[Hf]. The number of para-hydroxylation sites is 7. The van der Waals surface area contributed by atoms with Crippen molar-refractivity contribution in [1.29, 1.82) is 0 Å². The van der Waals surface area contributed by atoms with Gasteiger partial charge in [-0.2, -0.15) is 0 Å². The first kappa shape index (κ1) is 46.0. The van der Waals surface area contributed by atoms with E-state index in [9.17, 15) is 10.2 Å².